The summed E-state index contributed by atoms with van der Waals surface area (Å²) in [4.78, 5) is 28.2. The molecule has 3 rings (SSSR count). The van der Waals surface area contributed by atoms with Crippen molar-refractivity contribution < 1.29 is 14.7 Å². The summed E-state index contributed by atoms with van der Waals surface area (Å²) in [6.45, 7) is 0. The molecule has 3 atom stereocenters. The Morgan fingerprint density at radius 2 is 2.08 bits per heavy atom. The molecule has 7 nitrogen and oxygen atoms in total. The molecule has 1 aliphatic rings. The number of carboxylic acids is 1. The Balaban J connectivity index is 1.78. The van der Waals surface area contributed by atoms with Crippen molar-refractivity contribution in [2.24, 2.45) is 18.9 Å². The van der Waals surface area contributed by atoms with Crippen molar-refractivity contribution in [1.82, 2.24) is 20.1 Å². The molecule has 1 fully saturated rings. The van der Waals surface area contributed by atoms with E-state index in [0.717, 1.165) is 24.0 Å². The summed E-state index contributed by atoms with van der Waals surface area (Å²) in [5.41, 5.74) is 1.74. The lowest BCUT2D eigenvalue weighted by Crippen LogP contribution is -2.37. The highest BCUT2D eigenvalue weighted by molar-refractivity contribution is 5.81. The first kappa shape index (κ1) is 17.1. The van der Waals surface area contributed by atoms with E-state index in [1.807, 2.05) is 25.4 Å². The second kappa shape index (κ2) is 7.46. The summed E-state index contributed by atoms with van der Waals surface area (Å²) in [5.74, 6) is -1.62. The zero-order valence-corrected chi connectivity index (χ0v) is 14.1. The monoisotopic (exact) mass is 342 g/mol. The summed E-state index contributed by atoms with van der Waals surface area (Å²) in [6, 6.07) is 3.39. The van der Waals surface area contributed by atoms with Crippen molar-refractivity contribution in [2.45, 2.75) is 31.7 Å². The second-order valence-electron chi connectivity index (χ2n) is 6.57. The van der Waals surface area contributed by atoms with Crippen LogP contribution in [0.1, 0.15) is 42.9 Å². The molecular formula is C18H22N4O3. The zero-order valence-electron chi connectivity index (χ0n) is 14.1. The predicted molar refractivity (Wildman–Crippen MR) is 90.5 cm³/mol. The smallest absolute Gasteiger partial charge is 0.306 e. The van der Waals surface area contributed by atoms with Crippen LogP contribution in [0.15, 0.2) is 36.9 Å². The van der Waals surface area contributed by atoms with E-state index in [-0.39, 0.29) is 17.9 Å². The molecule has 1 unspecified atom stereocenters. The van der Waals surface area contributed by atoms with E-state index in [1.54, 1.807) is 23.3 Å². The summed E-state index contributed by atoms with van der Waals surface area (Å²) < 4.78 is 1.69. The molecule has 2 aromatic heterocycles. The maximum atomic E-state index is 12.8. The SMILES string of the molecule is Cn1cc(C(NC(=O)[C@@H]2CCC[C@H](C(=O)O)C2)c2cccnc2)cn1. The fourth-order valence-corrected chi connectivity index (χ4v) is 3.41. The van der Waals surface area contributed by atoms with Gasteiger partial charge in [0, 0.05) is 37.1 Å². The number of nitrogens with zero attached hydrogens (tertiary/aromatic N) is 3. The third-order valence-electron chi connectivity index (χ3n) is 4.76. The molecule has 0 spiro atoms. The van der Waals surface area contributed by atoms with Crippen molar-refractivity contribution >= 4 is 11.9 Å². The van der Waals surface area contributed by atoms with Crippen molar-refractivity contribution in [3.8, 4) is 0 Å². The van der Waals surface area contributed by atoms with E-state index in [1.165, 1.54) is 0 Å². The highest BCUT2D eigenvalue weighted by atomic mass is 16.4. The topological polar surface area (TPSA) is 97.1 Å². The molecule has 1 saturated carbocycles. The van der Waals surface area contributed by atoms with Crippen LogP contribution in [0.4, 0.5) is 0 Å². The Kier molecular flexibility index (Phi) is 5.11. The van der Waals surface area contributed by atoms with Crippen LogP contribution < -0.4 is 5.32 Å². The molecule has 25 heavy (non-hydrogen) atoms. The van der Waals surface area contributed by atoms with Gasteiger partial charge in [-0.05, 0) is 30.9 Å². The number of carbonyl (C=O) groups excluding carboxylic acids is 1. The molecule has 1 aliphatic carbocycles. The van der Waals surface area contributed by atoms with Crippen molar-refractivity contribution in [3.63, 3.8) is 0 Å². The van der Waals surface area contributed by atoms with Crippen LogP contribution in [0.25, 0.3) is 0 Å². The molecule has 0 aromatic carbocycles. The number of hydrogen-bond acceptors (Lipinski definition) is 4. The zero-order chi connectivity index (χ0) is 17.8. The van der Waals surface area contributed by atoms with E-state index < -0.39 is 11.9 Å². The predicted octanol–water partition coefficient (Wildman–Crippen LogP) is 1.91. The van der Waals surface area contributed by atoms with Gasteiger partial charge in [0.05, 0.1) is 18.2 Å². The number of nitrogens with one attached hydrogen (secondary N) is 1. The first-order chi connectivity index (χ1) is 12.0. The minimum absolute atomic E-state index is 0.108. The molecule has 2 heterocycles. The quantitative estimate of drug-likeness (QED) is 0.865. The molecule has 0 bridgehead atoms. The molecule has 0 radical (unpaired) electrons. The maximum absolute atomic E-state index is 12.8. The van der Waals surface area contributed by atoms with E-state index in [4.69, 9.17) is 0 Å². The van der Waals surface area contributed by atoms with Crippen molar-refractivity contribution in [2.75, 3.05) is 0 Å². The van der Waals surface area contributed by atoms with Gasteiger partial charge in [-0.15, -0.1) is 0 Å². The Morgan fingerprint density at radius 3 is 2.72 bits per heavy atom. The molecule has 2 N–H and O–H groups in total. The number of aliphatic carboxylic acids is 1. The highest BCUT2D eigenvalue weighted by Gasteiger charge is 2.32. The lowest BCUT2D eigenvalue weighted by molar-refractivity contribution is -0.144. The summed E-state index contributed by atoms with van der Waals surface area (Å²) in [6.07, 6.45) is 9.52. The normalized spacial score (nSPS) is 21.5. The minimum Gasteiger partial charge on any atom is -0.481 e. The maximum Gasteiger partial charge on any atom is 0.306 e. The van der Waals surface area contributed by atoms with Crippen molar-refractivity contribution in [3.05, 3.63) is 48.0 Å². The van der Waals surface area contributed by atoms with Gasteiger partial charge in [-0.1, -0.05) is 12.5 Å². The summed E-state index contributed by atoms with van der Waals surface area (Å²) in [5, 5.41) is 16.5. The number of pyridine rings is 1. The van der Waals surface area contributed by atoms with Gasteiger partial charge in [-0.25, -0.2) is 0 Å². The summed E-state index contributed by atoms with van der Waals surface area (Å²) >= 11 is 0. The van der Waals surface area contributed by atoms with Crippen LogP contribution in [0.5, 0.6) is 0 Å². The number of carbonyl (C=O) groups is 2. The molecular weight excluding hydrogens is 320 g/mol. The molecule has 7 heteroatoms. The van der Waals surface area contributed by atoms with Crippen LogP contribution >= 0.6 is 0 Å². The number of rotatable bonds is 5. The largest absolute Gasteiger partial charge is 0.481 e. The Hall–Kier alpha value is -2.70. The van der Waals surface area contributed by atoms with E-state index in [9.17, 15) is 14.7 Å². The van der Waals surface area contributed by atoms with E-state index in [2.05, 4.69) is 15.4 Å². The molecule has 0 aliphatic heterocycles. The Labute approximate surface area is 146 Å². The van der Waals surface area contributed by atoms with Crippen LogP contribution in [0.2, 0.25) is 0 Å². The van der Waals surface area contributed by atoms with Gasteiger partial charge >= 0.3 is 5.97 Å². The van der Waals surface area contributed by atoms with Crippen LogP contribution in [0, 0.1) is 11.8 Å². The average molecular weight is 342 g/mol. The van der Waals surface area contributed by atoms with Gasteiger partial charge in [0.25, 0.3) is 0 Å². The third kappa shape index (κ3) is 4.04. The minimum atomic E-state index is -0.812. The van der Waals surface area contributed by atoms with Crippen molar-refractivity contribution in [1.29, 1.82) is 0 Å². The third-order valence-corrected chi connectivity index (χ3v) is 4.76. The lowest BCUT2D eigenvalue weighted by atomic mass is 9.81. The van der Waals surface area contributed by atoms with Crippen LogP contribution in [0.3, 0.4) is 0 Å². The fraction of sp³-hybridized carbons (Fsp3) is 0.444. The lowest BCUT2D eigenvalue weighted by Gasteiger charge is -2.27. The van der Waals surface area contributed by atoms with Crippen LogP contribution in [-0.4, -0.2) is 31.7 Å². The summed E-state index contributed by atoms with van der Waals surface area (Å²) in [7, 11) is 1.82. The number of aryl methyl sites for hydroxylation is 1. The number of amides is 1. The standard InChI is InChI=1S/C18H22N4O3/c1-22-11-15(10-20-22)16(14-6-3-7-19-9-14)21-17(23)12-4-2-5-13(8-12)18(24)25/h3,6-7,9-13,16H,2,4-5,8H2,1H3,(H,21,23)(H,24,25)/t12-,13+,16?/m1/s1. The van der Waals surface area contributed by atoms with Gasteiger partial charge in [0.15, 0.2) is 0 Å². The fourth-order valence-electron chi connectivity index (χ4n) is 3.41. The van der Waals surface area contributed by atoms with E-state index >= 15 is 0 Å². The van der Waals surface area contributed by atoms with E-state index in [0.29, 0.717) is 12.8 Å². The average Bonchev–Trinajstić information content (AvgIpc) is 3.06. The Bertz CT molecular complexity index is 744. The molecule has 2 aromatic rings. The van der Waals surface area contributed by atoms with Gasteiger partial charge in [0.1, 0.15) is 0 Å². The van der Waals surface area contributed by atoms with Gasteiger partial charge < -0.3 is 10.4 Å². The van der Waals surface area contributed by atoms with Gasteiger partial charge in [-0.2, -0.15) is 5.10 Å². The number of aromatic nitrogens is 3. The highest BCUT2D eigenvalue weighted by Crippen LogP contribution is 2.30. The molecule has 1 amide bonds. The van der Waals surface area contributed by atoms with Gasteiger partial charge in [0.2, 0.25) is 5.91 Å². The first-order valence-electron chi connectivity index (χ1n) is 8.46. The van der Waals surface area contributed by atoms with Gasteiger partial charge in [-0.3, -0.25) is 19.3 Å². The molecule has 132 valence electrons. The molecule has 0 saturated heterocycles. The Morgan fingerprint density at radius 1 is 1.28 bits per heavy atom. The number of hydrogen-bond donors (Lipinski definition) is 2. The first-order valence-corrected chi connectivity index (χ1v) is 8.46. The second-order valence-corrected chi connectivity index (χ2v) is 6.57. The number of carboxylic acid groups (broad SMARTS) is 1. The van der Waals surface area contributed by atoms with Crippen LogP contribution in [-0.2, 0) is 16.6 Å².